The Hall–Kier alpha value is -1.25. The number of para-hydroxylation sites is 1. The molecule has 1 aliphatic carbocycles. The maximum absolute atomic E-state index is 13.5. The summed E-state index contributed by atoms with van der Waals surface area (Å²) in [6, 6.07) is 4.76. The molecule has 0 bridgehead atoms. The average Bonchev–Trinajstić information content (AvgIpc) is 2.94. The Morgan fingerprint density at radius 1 is 1.33 bits per heavy atom. The molecule has 1 fully saturated rings. The van der Waals surface area contributed by atoms with E-state index in [4.69, 9.17) is 9.47 Å². The van der Waals surface area contributed by atoms with Crippen LogP contribution in [-0.2, 0) is 0 Å². The molecule has 2 nitrogen and oxygen atoms in total. The summed E-state index contributed by atoms with van der Waals surface area (Å²) in [5, 5.41) is 0. The number of hydrogen-bond donors (Lipinski definition) is 0. The van der Waals surface area contributed by atoms with Crippen molar-refractivity contribution >= 4 is 0 Å². The van der Waals surface area contributed by atoms with Crippen LogP contribution in [0.1, 0.15) is 26.7 Å². The van der Waals surface area contributed by atoms with Gasteiger partial charge in [0.1, 0.15) is 0 Å². The molecular formula is C12H15FO2. The molecule has 15 heavy (non-hydrogen) atoms. The number of benzene rings is 1. The standard InChI is InChI=1S/C12H15FO2/c1-8(2)14-11-5-3-4-10(13)12(11)15-9-6-7-9/h3-5,8-9H,6-7H2,1-2H3. The number of halogens is 1. The van der Waals surface area contributed by atoms with Gasteiger partial charge in [-0.3, -0.25) is 0 Å². The third-order valence-electron chi connectivity index (χ3n) is 2.10. The highest BCUT2D eigenvalue weighted by molar-refractivity contribution is 5.41. The van der Waals surface area contributed by atoms with Crippen molar-refractivity contribution in [3.8, 4) is 11.5 Å². The van der Waals surface area contributed by atoms with Crippen molar-refractivity contribution in [3.63, 3.8) is 0 Å². The highest BCUT2D eigenvalue weighted by Crippen LogP contribution is 2.36. The fourth-order valence-corrected chi connectivity index (χ4v) is 1.30. The molecule has 1 aromatic carbocycles. The van der Waals surface area contributed by atoms with E-state index in [1.807, 2.05) is 13.8 Å². The number of rotatable bonds is 4. The van der Waals surface area contributed by atoms with E-state index in [2.05, 4.69) is 0 Å². The molecule has 0 amide bonds. The van der Waals surface area contributed by atoms with E-state index in [1.165, 1.54) is 6.07 Å². The van der Waals surface area contributed by atoms with Gasteiger partial charge in [-0.1, -0.05) is 6.07 Å². The van der Waals surface area contributed by atoms with Crippen molar-refractivity contribution in [2.75, 3.05) is 0 Å². The average molecular weight is 210 g/mol. The van der Waals surface area contributed by atoms with Gasteiger partial charge in [-0.25, -0.2) is 4.39 Å². The molecule has 0 N–H and O–H groups in total. The quantitative estimate of drug-likeness (QED) is 0.760. The predicted octanol–water partition coefficient (Wildman–Crippen LogP) is 3.15. The van der Waals surface area contributed by atoms with Crippen LogP contribution in [0.5, 0.6) is 11.5 Å². The Morgan fingerprint density at radius 3 is 2.67 bits per heavy atom. The van der Waals surface area contributed by atoms with Crippen molar-refractivity contribution < 1.29 is 13.9 Å². The van der Waals surface area contributed by atoms with Crippen LogP contribution < -0.4 is 9.47 Å². The van der Waals surface area contributed by atoms with Crippen LogP contribution in [0.3, 0.4) is 0 Å². The van der Waals surface area contributed by atoms with Gasteiger partial charge in [-0.05, 0) is 38.8 Å². The zero-order chi connectivity index (χ0) is 10.8. The second-order valence-electron chi connectivity index (χ2n) is 4.05. The lowest BCUT2D eigenvalue weighted by molar-refractivity contribution is 0.212. The predicted molar refractivity (Wildman–Crippen MR) is 55.8 cm³/mol. The van der Waals surface area contributed by atoms with E-state index in [0.717, 1.165) is 12.8 Å². The summed E-state index contributed by atoms with van der Waals surface area (Å²) in [6.07, 6.45) is 2.22. The molecular weight excluding hydrogens is 195 g/mol. The number of hydrogen-bond acceptors (Lipinski definition) is 2. The molecule has 0 saturated heterocycles. The minimum atomic E-state index is -0.347. The molecule has 3 heteroatoms. The van der Waals surface area contributed by atoms with E-state index in [-0.39, 0.29) is 23.8 Å². The van der Waals surface area contributed by atoms with Crippen LogP contribution in [0.2, 0.25) is 0 Å². The van der Waals surface area contributed by atoms with E-state index in [1.54, 1.807) is 12.1 Å². The summed E-state index contributed by atoms with van der Waals surface area (Å²) < 4.78 is 24.5. The van der Waals surface area contributed by atoms with Gasteiger partial charge in [0.15, 0.2) is 17.3 Å². The summed E-state index contributed by atoms with van der Waals surface area (Å²) in [6.45, 7) is 3.82. The Morgan fingerprint density at radius 2 is 2.07 bits per heavy atom. The van der Waals surface area contributed by atoms with Gasteiger partial charge >= 0.3 is 0 Å². The Bertz CT molecular complexity index is 345. The van der Waals surface area contributed by atoms with E-state index >= 15 is 0 Å². The van der Waals surface area contributed by atoms with E-state index in [9.17, 15) is 4.39 Å². The topological polar surface area (TPSA) is 18.5 Å². The minimum absolute atomic E-state index is 0.0216. The normalized spacial score (nSPS) is 15.5. The third kappa shape index (κ3) is 2.61. The molecule has 1 saturated carbocycles. The first kappa shape index (κ1) is 10.3. The molecule has 0 radical (unpaired) electrons. The van der Waals surface area contributed by atoms with Crippen molar-refractivity contribution in [3.05, 3.63) is 24.0 Å². The molecule has 0 unspecified atom stereocenters. The lowest BCUT2D eigenvalue weighted by atomic mass is 10.3. The van der Waals surface area contributed by atoms with Crippen LogP contribution in [0.4, 0.5) is 4.39 Å². The summed E-state index contributed by atoms with van der Waals surface area (Å²) in [5.41, 5.74) is 0. The maximum atomic E-state index is 13.5. The van der Waals surface area contributed by atoms with Gasteiger partial charge in [0, 0.05) is 0 Å². The molecule has 0 aliphatic heterocycles. The molecule has 0 aromatic heterocycles. The largest absolute Gasteiger partial charge is 0.487 e. The van der Waals surface area contributed by atoms with Crippen molar-refractivity contribution in [2.24, 2.45) is 0 Å². The molecule has 0 atom stereocenters. The van der Waals surface area contributed by atoms with Crippen LogP contribution in [0.15, 0.2) is 18.2 Å². The fourth-order valence-electron chi connectivity index (χ4n) is 1.30. The second kappa shape index (κ2) is 4.09. The summed E-state index contributed by atoms with van der Waals surface area (Å²) in [5.74, 6) is 0.408. The van der Waals surface area contributed by atoms with E-state index < -0.39 is 0 Å². The molecule has 1 aliphatic rings. The fraction of sp³-hybridized carbons (Fsp3) is 0.500. The lowest BCUT2D eigenvalue weighted by Crippen LogP contribution is -2.08. The van der Waals surface area contributed by atoms with Gasteiger partial charge in [-0.2, -0.15) is 0 Å². The smallest absolute Gasteiger partial charge is 0.197 e. The summed E-state index contributed by atoms with van der Waals surface area (Å²) in [4.78, 5) is 0. The highest BCUT2D eigenvalue weighted by Gasteiger charge is 2.26. The molecule has 2 rings (SSSR count). The van der Waals surface area contributed by atoms with Gasteiger partial charge in [-0.15, -0.1) is 0 Å². The molecule has 0 spiro atoms. The first-order valence-electron chi connectivity index (χ1n) is 5.28. The van der Waals surface area contributed by atoms with Gasteiger partial charge in [0.05, 0.1) is 12.2 Å². The number of ether oxygens (including phenoxy) is 2. The maximum Gasteiger partial charge on any atom is 0.197 e. The zero-order valence-corrected chi connectivity index (χ0v) is 9.00. The van der Waals surface area contributed by atoms with Gasteiger partial charge in [0.25, 0.3) is 0 Å². The van der Waals surface area contributed by atoms with Crippen LogP contribution >= 0.6 is 0 Å². The summed E-state index contributed by atoms with van der Waals surface area (Å²) >= 11 is 0. The highest BCUT2D eigenvalue weighted by atomic mass is 19.1. The van der Waals surface area contributed by atoms with Crippen LogP contribution in [0.25, 0.3) is 0 Å². The van der Waals surface area contributed by atoms with Gasteiger partial charge in [0.2, 0.25) is 0 Å². The van der Waals surface area contributed by atoms with Crippen LogP contribution in [0, 0.1) is 5.82 Å². The molecule has 82 valence electrons. The monoisotopic (exact) mass is 210 g/mol. The van der Waals surface area contributed by atoms with Crippen LogP contribution in [-0.4, -0.2) is 12.2 Å². The van der Waals surface area contributed by atoms with Crippen molar-refractivity contribution in [2.45, 2.75) is 38.9 Å². The van der Waals surface area contributed by atoms with Crippen molar-refractivity contribution in [1.82, 2.24) is 0 Å². The first-order valence-corrected chi connectivity index (χ1v) is 5.28. The minimum Gasteiger partial charge on any atom is -0.487 e. The summed E-state index contributed by atoms with van der Waals surface area (Å²) in [7, 11) is 0. The lowest BCUT2D eigenvalue weighted by Gasteiger charge is -2.15. The van der Waals surface area contributed by atoms with E-state index in [0.29, 0.717) is 5.75 Å². The molecule has 0 heterocycles. The second-order valence-corrected chi connectivity index (χ2v) is 4.05. The Labute approximate surface area is 89.0 Å². The third-order valence-corrected chi connectivity index (χ3v) is 2.10. The Kier molecular flexibility index (Phi) is 2.80. The van der Waals surface area contributed by atoms with Gasteiger partial charge < -0.3 is 9.47 Å². The molecule has 1 aromatic rings. The zero-order valence-electron chi connectivity index (χ0n) is 9.00. The Balaban J connectivity index is 2.21. The van der Waals surface area contributed by atoms with Crippen molar-refractivity contribution in [1.29, 1.82) is 0 Å². The first-order chi connectivity index (χ1) is 7.16. The SMILES string of the molecule is CC(C)Oc1cccc(F)c1OC1CC1.